The molecule has 0 spiro atoms. The maximum atomic E-state index is 6.32. The highest BCUT2D eigenvalue weighted by Crippen LogP contribution is 2.31. The van der Waals surface area contributed by atoms with Gasteiger partial charge >= 0.3 is 0 Å². The van der Waals surface area contributed by atoms with E-state index in [0.29, 0.717) is 5.92 Å². The van der Waals surface area contributed by atoms with Crippen LogP contribution in [0.3, 0.4) is 0 Å². The maximum absolute atomic E-state index is 6.32. The molecule has 0 radical (unpaired) electrons. The number of rotatable bonds is 2. The lowest BCUT2D eigenvalue weighted by Crippen LogP contribution is -2.26. The lowest BCUT2D eigenvalue weighted by Gasteiger charge is -2.25. The van der Waals surface area contributed by atoms with E-state index in [4.69, 9.17) is 5.73 Å². The van der Waals surface area contributed by atoms with Crippen LogP contribution in [-0.4, -0.2) is 19.8 Å². The van der Waals surface area contributed by atoms with Crippen LogP contribution in [-0.2, 0) is 0 Å². The quantitative estimate of drug-likeness (QED) is 0.854. The van der Waals surface area contributed by atoms with E-state index in [0.717, 1.165) is 11.5 Å². The summed E-state index contributed by atoms with van der Waals surface area (Å²) in [5, 5.41) is 12.6. The predicted molar refractivity (Wildman–Crippen MR) is 64.3 cm³/mol. The molecule has 1 unspecified atom stereocenters. The monoisotopic (exact) mass is 231 g/mol. The first-order valence-electron chi connectivity index (χ1n) is 6.28. The third kappa shape index (κ3) is 1.91. The van der Waals surface area contributed by atoms with E-state index in [2.05, 4.69) is 15.3 Å². The van der Waals surface area contributed by atoms with Gasteiger partial charge in [0.1, 0.15) is 0 Å². The van der Waals surface area contributed by atoms with Crippen molar-refractivity contribution in [2.24, 2.45) is 11.7 Å². The summed E-state index contributed by atoms with van der Waals surface area (Å²) in [5.74, 6) is 1.32. The summed E-state index contributed by atoms with van der Waals surface area (Å²) in [5.41, 5.74) is 7.09. The Kier molecular flexibility index (Phi) is 2.76. The van der Waals surface area contributed by atoms with E-state index < -0.39 is 0 Å². The SMILES string of the molecule is NC(c1nnc2cccnn12)C1CCCCC1. The fourth-order valence-corrected chi connectivity index (χ4v) is 2.67. The summed E-state index contributed by atoms with van der Waals surface area (Å²) in [6, 6.07) is 3.72. The Morgan fingerprint density at radius 3 is 2.88 bits per heavy atom. The Morgan fingerprint density at radius 2 is 2.06 bits per heavy atom. The summed E-state index contributed by atoms with van der Waals surface area (Å²) in [6.45, 7) is 0. The van der Waals surface area contributed by atoms with Gasteiger partial charge in [0, 0.05) is 6.20 Å². The zero-order valence-corrected chi connectivity index (χ0v) is 9.79. The van der Waals surface area contributed by atoms with Gasteiger partial charge in [0.25, 0.3) is 0 Å². The van der Waals surface area contributed by atoms with Crippen molar-refractivity contribution in [2.75, 3.05) is 0 Å². The van der Waals surface area contributed by atoms with Crippen molar-refractivity contribution < 1.29 is 0 Å². The topological polar surface area (TPSA) is 69.1 Å². The largest absolute Gasteiger partial charge is 0.321 e. The second-order valence-corrected chi connectivity index (χ2v) is 4.78. The fraction of sp³-hybridized carbons (Fsp3) is 0.583. The second kappa shape index (κ2) is 4.41. The van der Waals surface area contributed by atoms with E-state index in [1.54, 1.807) is 10.7 Å². The van der Waals surface area contributed by atoms with Gasteiger partial charge in [-0.2, -0.15) is 9.61 Å². The van der Waals surface area contributed by atoms with E-state index in [-0.39, 0.29) is 6.04 Å². The fourth-order valence-electron chi connectivity index (χ4n) is 2.67. The highest BCUT2D eigenvalue weighted by Gasteiger charge is 2.25. The summed E-state index contributed by atoms with van der Waals surface area (Å²) >= 11 is 0. The van der Waals surface area contributed by atoms with Crippen LogP contribution < -0.4 is 5.73 Å². The molecule has 0 amide bonds. The second-order valence-electron chi connectivity index (χ2n) is 4.78. The number of fused-ring (bicyclic) bond motifs is 1. The molecule has 90 valence electrons. The van der Waals surface area contributed by atoms with Crippen molar-refractivity contribution in [2.45, 2.75) is 38.1 Å². The molecule has 1 fully saturated rings. The average Bonchev–Trinajstić information content (AvgIpc) is 2.83. The molecule has 0 bridgehead atoms. The molecule has 2 heterocycles. The first kappa shape index (κ1) is 10.7. The number of aromatic nitrogens is 4. The predicted octanol–water partition coefficient (Wildman–Crippen LogP) is 1.70. The summed E-state index contributed by atoms with van der Waals surface area (Å²) in [4.78, 5) is 0. The van der Waals surface area contributed by atoms with Crippen LogP contribution in [0.1, 0.15) is 44.0 Å². The van der Waals surface area contributed by atoms with Crippen LogP contribution in [0.2, 0.25) is 0 Å². The average molecular weight is 231 g/mol. The number of nitrogens with zero attached hydrogens (tertiary/aromatic N) is 4. The molecule has 0 aromatic carbocycles. The molecule has 17 heavy (non-hydrogen) atoms. The van der Waals surface area contributed by atoms with Crippen LogP contribution >= 0.6 is 0 Å². The van der Waals surface area contributed by atoms with Gasteiger partial charge in [-0.3, -0.25) is 0 Å². The number of hydrogen-bond acceptors (Lipinski definition) is 4. The Hall–Kier alpha value is -1.49. The smallest absolute Gasteiger partial charge is 0.177 e. The molecule has 5 heteroatoms. The zero-order chi connectivity index (χ0) is 11.7. The van der Waals surface area contributed by atoms with Gasteiger partial charge in [-0.15, -0.1) is 10.2 Å². The van der Waals surface area contributed by atoms with Gasteiger partial charge in [-0.25, -0.2) is 0 Å². The normalized spacial score (nSPS) is 19.6. The Labute approximate surface area is 100 Å². The van der Waals surface area contributed by atoms with E-state index in [1.807, 2.05) is 12.1 Å². The first-order valence-corrected chi connectivity index (χ1v) is 6.28. The molecule has 0 saturated heterocycles. The number of nitrogens with two attached hydrogens (primary N) is 1. The minimum Gasteiger partial charge on any atom is -0.321 e. The van der Waals surface area contributed by atoms with Crippen molar-refractivity contribution in [3.8, 4) is 0 Å². The van der Waals surface area contributed by atoms with Gasteiger partial charge < -0.3 is 5.73 Å². The standard InChI is InChI=1S/C12H17N5/c13-11(9-5-2-1-3-6-9)12-16-15-10-7-4-8-14-17(10)12/h4,7-9,11H,1-3,5-6,13H2. The zero-order valence-electron chi connectivity index (χ0n) is 9.79. The van der Waals surface area contributed by atoms with Crippen molar-refractivity contribution in [1.29, 1.82) is 0 Å². The molecule has 5 nitrogen and oxygen atoms in total. The van der Waals surface area contributed by atoms with Crippen LogP contribution in [0, 0.1) is 5.92 Å². The third-order valence-corrected chi connectivity index (χ3v) is 3.66. The Bertz CT molecular complexity index is 500. The summed E-state index contributed by atoms with van der Waals surface area (Å²) in [7, 11) is 0. The first-order chi connectivity index (χ1) is 8.36. The van der Waals surface area contributed by atoms with Crippen LogP contribution in [0.15, 0.2) is 18.3 Å². The minimum atomic E-state index is -0.0415. The van der Waals surface area contributed by atoms with E-state index >= 15 is 0 Å². The number of hydrogen-bond donors (Lipinski definition) is 1. The Morgan fingerprint density at radius 1 is 1.24 bits per heavy atom. The molecule has 2 N–H and O–H groups in total. The lowest BCUT2D eigenvalue weighted by atomic mass is 9.84. The lowest BCUT2D eigenvalue weighted by molar-refractivity contribution is 0.298. The summed E-state index contributed by atoms with van der Waals surface area (Å²) in [6.07, 6.45) is 8.03. The van der Waals surface area contributed by atoms with Crippen molar-refractivity contribution in [3.05, 3.63) is 24.2 Å². The highest BCUT2D eigenvalue weighted by atomic mass is 15.4. The maximum Gasteiger partial charge on any atom is 0.177 e. The third-order valence-electron chi connectivity index (χ3n) is 3.66. The van der Waals surface area contributed by atoms with Crippen molar-refractivity contribution >= 4 is 5.65 Å². The van der Waals surface area contributed by atoms with Gasteiger partial charge in [-0.05, 0) is 30.9 Å². The Balaban J connectivity index is 1.92. The van der Waals surface area contributed by atoms with Crippen LogP contribution in [0.4, 0.5) is 0 Å². The van der Waals surface area contributed by atoms with E-state index in [9.17, 15) is 0 Å². The highest BCUT2D eigenvalue weighted by molar-refractivity contribution is 5.35. The molecule has 2 aromatic heterocycles. The van der Waals surface area contributed by atoms with E-state index in [1.165, 1.54) is 32.1 Å². The van der Waals surface area contributed by atoms with Crippen LogP contribution in [0.25, 0.3) is 5.65 Å². The molecule has 1 aliphatic rings. The molecular formula is C12H17N5. The molecular weight excluding hydrogens is 214 g/mol. The molecule has 2 aromatic rings. The van der Waals surface area contributed by atoms with Gasteiger partial charge in [-0.1, -0.05) is 19.3 Å². The van der Waals surface area contributed by atoms with Gasteiger partial charge in [0.05, 0.1) is 6.04 Å². The van der Waals surface area contributed by atoms with Gasteiger partial charge in [0.2, 0.25) is 0 Å². The van der Waals surface area contributed by atoms with Gasteiger partial charge in [0.15, 0.2) is 11.5 Å². The molecule has 0 aliphatic heterocycles. The molecule has 1 aliphatic carbocycles. The molecule has 1 atom stereocenters. The minimum absolute atomic E-state index is 0.0415. The summed E-state index contributed by atoms with van der Waals surface area (Å²) < 4.78 is 1.76. The van der Waals surface area contributed by atoms with Crippen LogP contribution in [0.5, 0.6) is 0 Å². The van der Waals surface area contributed by atoms with Crippen molar-refractivity contribution in [3.63, 3.8) is 0 Å². The molecule has 1 saturated carbocycles. The van der Waals surface area contributed by atoms with Crippen molar-refractivity contribution in [1.82, 2.24) is 19.8 Å². The molecule has 3 rings (SSSR count).